The Morgan fingerprint density at radius 2 is 1.57 bits per heavy atom. The van der Waals surface area contributed by atoms with Crippen molar-refractivity contribution in [3.63, 3.8) is 0 Å². The largest absolute Gasteiger partial charge is 0.495 e. The van der Waals surface area contributed by atoms with Gasteiger partial charge in [-0.25, -0.2) is 0 Å². The average Bonchev–Trinajstić information content (AvgIpc) is 2.55. The van der Waals surface area contributed by atoms with Crippen LogP contribution in [0.3, 0.4) is 0 Å². The van der Waals surface area contributed by atoms with Gasteiger partial charge in [-0.2, -0.15) is 0 Å². The predicted octanol–water partition coefficient (Wildman–Crippen LogP) is 2.88. The fourth-order valence-electron chi connectivity index (χ4n) is 3.35. The zero-order valence-electron chi connectivity index (χ0n) is 15.1. The molecule has 124 valence electrons. The van der Waals surface area contributed by atoms with Gasteiger partial charge in [-0.05, 0) is 51.7 Å². The van der Waals surface area contributed by atoms with Gasteiger partial charge in [0.1, 0.15) is 5.75 Å². The van der Waals surface area contributed by atoms with Crippen LogP contribution in [0.25, 0.3) is 0 Å². The lowest BCUT2D eigenvalue weighted by Crippen LogP contribution is -2.44. The first-order valence-corrected chi connectivity index (χ1v) is 8.14. The third-order valence-electron chi connectivity index (χ3n) is 5.27. The van der Waals surface area contributed by atoms with Gasteiger partial charge in [-0.1, -0.05) is 19.9 Å². The van der Waals surface area contributed by atoms with Crippen molar-refractivity contribution in [2.75, 3.05) is 0 Å². The molecule has 1 fully saturated rings. The van der Waals surface area contributed by atoms with Gasteiger partial charge in [-0.3, -0.25) is 4.79 Å². The average molecular weight is 316 g/mol. The van der Waals surface area contributed by atoms with Gasteiger partial charge in [-0.15, -0.1) is 0 Å². The summed E-state index contributed by atoms with van der Waals surface area (Å²) in [6, 6.07) is 4.00. The molecular formula is C18H25BO4. The molecule has 0 aromatic heterocycles. The zero-order chi connectivity index (χ0) is 17.2. The molecule has 0 amide bonds. The molecular weight excluding hydrogens is 291 g/mol. The first kappa shape index (κ1) is 16.5. The van der Waals surface area contributed by atoms with Crippen molar-refractivity contribution >= 4 is 18.6 Å². The molecule has 1 aromatic carbocycles. The minimum Gasteiger partial charge on any atom is -0.426 e. The maximum absolute atomic E-state index is 11.9. The van der Waals surface area contributed by atoms with E-state index in [1.54, 1.807) is 0 Å². The van der Waals surface area contributed by atoms with Crippen molar-refractivity contribution in [3.8, 4) is 5.75 Å². The molecule has 2 aliphatic heterocycles. The molecule has 0 atom stereocenters. The number of aryl methyl sites for hydroxylation is 1. The Morgan fingerprint density at radius 1 is 1.00 bits per heavy atom. The van der Waals surface area contributed by atoms with Crippen molar-refractivity contribution < 1.29 is 18.8 Å². The van der Waals surface area contributed by atoms with Crippen LogP contribution >= 0.6 is 0 Å². The minimum absolute atomic E-state index is 0.187. The van der Waals surface area contributed by atoms with E-state index in [0.29, 0.717) is 12.2 Å². The zero-order valence-corrected chi connectivity index (χ0v) is 15.1. The van der Waals surface area contributed by atoms with E-state index in [9.17, 15) is 4.79 Å². The summed E-state index contributed by atoms with van der Waals surface area (Å²) in [5.74, 6) is 0.448. The van der Waals surface area contributed by atoms with Crippen LogP contribution in [0.5, 0.6) is 5.75 Å². The molecule has 2 aliphatic rings. The monoisotopic (exact) mass is 316 g/mol. The summed E-state index contributed by atoms with van der Waals surface area (Å²) in [6.07, 6.45) is 0.357. The van der Waals surface area contributed by atoms with Crippen LogP contribution in [0, 0.1) is 6.92 Å². The summed E-state index contributed by atoms with van der Waals surface area (Å²) < 4.78 is 18.0. The van der Waals surface area contributed by atoms with Crippen molar-refractivity contribution in [1.82, 2.24) is 0 Å². The van der Waals surface area contributed by atoms with Crippen molar-refractivity contribution in [2.45, 2.75) is 71.5 Å². The van der Waals surface area contributed by atoms with Crippen LogP contribution < -0.4 is 10.2 Å². The molecule has 1 aromatic rings. The van der Waals surface area contributed by atoms with Crippen LogP contribution in [0.4, 0.5) is 0 Å². The number of hydrogen-bond donors (Lipinski definition) is 0. The number of fused-ring (bicyclic) bond motifs is 1. The number of rotatable bonds is 1. The molecule has 0 saturated carbocycles. The van der Waals surface area contributed by atoms with Crippen LogP contribution in [0.1, 0.15) is 59.1 Å². The number of hydrogen-bond acceptors (Lipinski definition) is 4. The van der Waals surface area contributed by atoms with Crippen LogP contribution in [-0.4, -0.2) is 24.3 Å². The number of ether oxygens (including phenoxy) is 1. The van der Waals surface area contributed by atoms with Crippen molar-refractivity contribution in [1.29, 1.82) is 0 Å². The lowest BCUT2D eigenvalue weighted by molar-refractivity contribution is -0.136. The Balaban J connectivity index is 2.14. The van der Waals surface area contributed by atoms with E-state index < -0.39 is 18.3 Å². The maximum Gasteiger partial charge on any atom is 0.495 e. The summed E-state index contributed by atoms with van der Waals surface area (Å²) in [7, 11) is -0.454. The Hall–Kier alpha value is -1.33. The first-order valence-electron chi connectivity index (χ1n) is 8.14. The van der Waals surface area contributed by atoms with Gasteiger partial charge < -0.3 is 14.0 Å². The van der Waals surface area contributed by atoms with Gasteiger partial charge >= 0.3 is 13.1 Å². The summed E-state index contributed by atoms with van der Waals surface area (Å²) in [4.78, 5) is 11.9. The van der Waals surface area contributed by atoms with Gasteiger partial charge in [0.05, 0.1) is 17.6 Å². The Morgan fingerprint density at radius 3 is 2.13 bits per heavy atom. The third-order valence-corrected chi connectivity index (χ3v) is 5.27. The number of esters is 1. The molecule has 1 saturated heterocycles. The molecule has 4 nitrogen and oxygen atoms in total. The molecule has 0 N–H and O–H groups in total. The third kappa shape index (κ3) is 2.60. The highest BCUT2D eigenvalue weighted by atomic mass is 16.7. The van der Waals surface area contributed by atoms with Gasteiger partial charge in [0, 0.05) is 11.0 Å². The number of carbonyl (C=O) groups is 1. The van der Waals surface area contributed by atoms with Crippen LogP contribution in [0.2, 0.25) is 0 Å². The van der Waals surface area contributed by atoms with Crippen LogP contribution in [-0.2, 0) is 19.5 Å². The summed E-state index contributed by atoms with van der Waals surface area (Å²) in [5, 5.41) is 0. The van der Waals surface area contributed by atoms with E-state index in [-0.39, 0.29) is 11.4 Å². The Kier molecular flexibility index (Phi) is 3.48. The lowest BCUT2D eigenvalue weighted by atomic mass is 9.66. The summed E-state index contributed by atoms with van der Waals surface area (Å²) in [5.41, 5.74) is 1.90. The Bertz CT molecular complexity index is 660. The van der Waals surface area contributed by atoms with E-state index in [1.807, 2.05) is 40.7 Å². The molecule has 0 radical (unpaired) electrons. The first-order chi connectivity index (χ1) is 10.4. The van der Waals surface area contributed by atoms with Crippen molar-refractivity contribution in [3.05, 3.63) is 23.3 Å². The number of benzene rings is 1. The molecule has 2 heterocycles. The van der Waals surface area contributed by atoms with Gasteiger partial charge in [0.2, 0.25) is 0 Å². The normalized spacial score (nSPS) is 24.3. The van der Waals surface area contributed by atoms with E-state index in [4.69, 9.17) is 14.0 Å². The van der Waals surface area contributed by atoms with E-state index in [2.05, 4.69) is 19.9 Å². The lowest BCUT2D eigenvalue weighted by Gasteiger charge is -2.34. The second-order valence-corrected chi connectivity index (χ2v) is 8.35. The second kappa shape index (κ2) is 4.84. The molecule has 0 spiro atoms. The highest BCUT2D eigenvalue weighted by Gasteiger charge is 2.53. The molecule has 23 heavy (non-hydrogen) atoms. The highest BCUT2D eigenvalue weighted by molar-refractivity contribution is 6.63. The van der Waals surface area contributed by atoms with Gasteiger partial charge in [0.15, 0.2) is 0 Å². The molecule has 0 unspecified atom stereocenters. The second-order valence-electron chi connectivity index (χ2n) is 8.35. The summed E-state index contributed by atoms with van der Waals surface area (Å²) >= 11 is 0. The topological polar surface area (TPSA) is 44.8 Å². The minimum atomic E-state index is -0.454. The SMILES string of the molecule is Cc1cc2c(c(B3OC(C)(C)C(C)(C)O3)c1)C(C)(C)CC(=O)O2. The maximum atomic E-state index is 11.9. The smallest absolute Gasteiger partial charge is 0.426 e. The highest BCUT2D eigenvalue weighted by Crippen LogP contribution is 2.41. The summed E-state index contributed by atoms with van der Waals surface area (Å²) in [6.45, 7) is 14.3. The van der Waals surface area contributed by atoms with Gasteiger partial charge in [0.25, 0.3) is 0 Å². The standard InChI is InChI=1S/C18H25BO4/c1-11-8-12(19-22-17(4,5)18(6,7)23-19)15-13(9-11)21-14(20)10-16(15,2)3/h8-9H,10H2,1-7H3. The molecule has 0 aliphatic carbocycles. The quantitative estimate of drug-likeness (QED) is 0.454. The molecule has 0 bridgehead atoms. The van der Waals surface area contributed by atoms with Crippen molar-refractivity contribution in [2.24, 2.45) is 0 Å². The van der Waals surface area contributed by atoms with E-state index >= 15 is 0 Å². The predicted molar refractivity (Wildman–Crippen MR) is 90.2 cm³/mol. The van der Waals surface area contributed by atoms with Crippen LogP contribution in [0.15, 0.2) is 12.1 Å². The Labute approximate surface area is 138 Å². The molecule has 5 heteroatoms. The molecule has 3 rings (SSSR count). The fraction of sp³-hybridized carbons (Fsp3) is 0.611. The fourth-order valence-corrected chi connectivity index (χ4v) is 3.35. The number of carbonyl (C=O) groups excluding carboxylic acids is 1. The van der Waals surface area contributed by atoms with E-state index in [0.717, 1.165) is 16.6 Å². The van der Waals surface area contributed by atoms with E-state index in [1.165, 1.54) is 0 Å².